The number of hydrogen-bond donors (Lipinski definition) is 0. The van der Waals surface area contributed by atoms with Crippen LogP contribution in [0, 0.1) is 0 Å². The molecule has 2 aromatic carbocycles. The number of fused-ring (bicyclic) bond motifs is 1. The van der Waals surface area contributed by atoms with Crippen molar-refractivity contribution in [3.8, 4) is 17.2 Å². The Hall–Kier alpha value is -2.21. The van der Waals surface area contributed by atoms with E-state index in [2.05, 4.69) is 21.0 Å². The Morgan fingerprint density at radius 2 is 1.87 bits per heavy atom. The average molecular weight is 377 g/mol. The highest BCUT2D eigenvalue weighted by molar-refractivity contribution is 9.10. The Morgan fingerprint density at radius 3 is 2.57 bits per heavy atom. The fourth-order valence-electron chi connectivity index (χ4n) is 2.58. The number of halogens is 1. The van der Waals surface area contributed by atoms with Crippen molar-refractivity contribution in [1.29, 1.82) is 0 Å². The summed E-state index contributed by atoms with van der Waals surface area (Å²) in [6.45, 7) is 0.573. The minimum absolute atomic E-state index is 0.573. The highest BCUT2D eigenvalue weighted by atomic mass is 79.9. The molecule has 1 heterocycles. The lowest BCUT2D eigenvalue weighted by Gasteiger charge is -2.12. The summed E-state index contributed by atoms with van der Waals surface area (Å²) in [5, 5.41) is 5.51. The fraction of sp³-hybridized carbons (Fsp3) is 0.235. The molecule has 0 saturated heterocycles. The van der Waals surface area contributed by atoms with E-state index in [9.17, 15) is 0 Å². The molecule has 0 radical (unpaired) electrons. The fourth-order valence-corrected chi connectivity index (χ4v) is 3.06. The van der Waals surface area contributed by atoms with E-state index in [1.54, 1.807) is 21.3 Å². The van der Waals surface area contributed by atoms with Crippen molar-refractivity contribution >= 4 is 26.8 Å². The topological polar surface area (TPSA) is 45.5 Å². The van der Waals surface area contributed by atoms with Crippen LogP contribution in [0.4, 0.5) is 0 Å². The normalized spacial score (nSPS) is 10.8. The van der Waals surface area contributed by atoms with Crippen molar-refractivity contribution in [3.63, 3.8) is 0 Å². The summed E-state index contributed by atoms with van der Waals surface area (Å²) in [6.07, 6.45) is 1.83. The molecule has 1 aromatic heterocycles. The maximum Gasteiger partial charge on any atom is 0.158 e. The van der Waals surface area contributed by atoms with Gasteiger partial charge in [-0.2, -0.15) is 5.10 Å². The van der Waals surface area contributed by atoms with Crippen LogP contribution in [0.5, 0.6) is 17.2 Å². The number of rotatable bonds is 5. The van der Waals surface area contributed by atoms with Crippen molar-refractivity contribution in [2.45, 2.75) is 6.54 Å². The van der Waals surface area contributed by atoms with Crippen molar-refractivity contribution in [1.82, 2.24) is 9.78 Å². The summed E-state index contributed by atoms with van der Waals surface area (Å²) in [6, 6.07) is 9.73. The van der Waals surface area contributed by atoms with Crippen LogP contribution in [0.2, 0.25) is 0 Å². The molecule has 3 aromatic rings. The Morgan fingerprint density at radius 1 is 1.04 bits per heavy atom. The van der Waals surface area contributed by atoms with Crippen LogP contribution < -0.4 is 14.2 Å². The Kier molecular flexibility index (Phi) is 4.43. The van der Waals surface area contributed by atoms with Crippen molar-refractivity contribution in [2.75, 3.05) is 21.3 Å². The van der Waals surface area contributed by atoms with Crippen LogP contribution in [0.15, 0.2) is 41.0 Å². The highest BCUT2D eigenvalue weighted by Gasteiger charge is 2.14. The SMILES string of the molecule is COc1ccc(Cn2ncc3ccc(Br)c(OC)c32)c(OC)c1. The minimum atomic E-state index is 0.573. The monoisotopic (exact) mass is 376 g/mol. The van der Waals surface area contributed by atoms with Gasteiger partial charge in [0.05, 0.1) is 38.5 Å². The third kappa shape index (κ3) is 2.86. The molecule has 0 N–H and O–H groups in total. The van der Waals surface area contributed by atoms with Crippen LogP contribution in [0.1, 0.15) is 5.56 Å². The molecule has 0 aliphatic heterocycles. The van der Waals surface area contributed by atoms with Gasteiger partial charge in [0.15, 0.2) is 5.75 Å². The number of methoxy groups -OCH3 is 3. The zero-order valence-electron chi connectivity index (χ0n) is 13.2. The van der Waals surface area contributed by atoms with Gasteiger partial charge in [0.25, 0.3) is 0 Å². The third-order valence-corrected chi connectivity index (χ3v) is 4.35. The quantitative estimate of drug-likeness (QED) is 0.677. The first-order valence-electron chi connectivity index (χ1n) is 7.07. The maximum absolute atomic E-state index is 5.53. The van der Waals surface area contributed by atoms with Crippen molar-refractivity contribution in [2.24, 2.45) is 0 Å². The van der Waals surface area contributed by atoms with E-state index >= 15 is 0 Å². The molecule has 0 saturated carbocycles. The van der Waals surface area contributed by atoms with E-state index in [1.165, 1.54) is 0 Å². The van der Waals surface area contributed by atoms with E-state index in [-0.39, 0.29) is 0 Å². The van der Waals surface area contributed by atoms with Crippen LogP contribution in [0.25, 0.3) is 10.9 Å². The van der Waals surface area contributed by atoms with Crippen LogP contribution in [-0.4, -0.2) is 31.1 Å². The minimum Gasteiger partial charge on any atom is -0.497 e. The van der Waals surface area contributed by atoms with Gasteiger partial charge in [0.1, 0.15) is 17.0 Å². The molecule has 0 amide bonds. The molecule has 0 atom stereocenters. The Bertz CT molecular complexity index is 845. The second kappa shape index (κ2) is 6.50. The molecular formula is C17H17BrN2O3. The molecule has 5 nitrogen and oxygen atoms in total. The Balaban J connectivity index is 2.07. The second-order valence-electron chi connectivity index (χ2n) is 5.00. The molecule has 120 valence electrons. The lowest BCUT2D eigenvalue weighted by atomic mass is 10.2. The average Bonchev–Trinajstić information content (AvgIpc) is 2.98. The van der Waals surface area contributed by atoms with Gasteiger partial charge in [0.2, 0.25) is 0 Å². The zero-order chi connectivity index (χ0) is 16.4. The zero-order valence-corrected chi connectivity index (χ0v) is 14.8. The summed E-state index contributed by atoms with van der Waals surface area (Å²) in [5.41, 5.74) is 1.96. The standard InChI is InChI=1S/C17H17BrN2O3/c1-21-13-6-4-12(15(8-13)22-2)10-20-16-11(9-19-20)5-7-14(18)17(16)23-3/h4-9H,10H2,1-3H3. The van der Waals surface area contributed by atoms with Crippen LogP contribution in [-0.2, 0) is 6.54 Å². The summed E-state index contributed by atoms with van der Waals surface area (Å²) in [5.74, 6) is 2.30. The molecule has 0 unspecified atom stereocenters. The number of hydrogen-bond acceptors (Lipinski definition) is 4. The molecule has 0 fully saturated rings. The molecule has 0 bridgehead atoms. The first-order chi connectivity index (χ1) is 11.2. The summed E-state index contributed by atoms with van der Waals surface area (Å²) < 4.78 is 19.0. The van der Waals surface area contributed by atoms with Gasteiger partial charge in [-0.1, -0.05) is 0 Å². The Labute approximate surface area is 142 Å². The highest BCUT2D eigenvalue weighted by Crippen LogP contribution is 2.34. The van der Waals surface area contributed by atoms with Crippen molar-refractivity contribution in [3.05, 3.63) is 46.6 Å². The van der Waals surface area contributed by atoms with Gasteiger partial charge < -0.3 is 14.2 Å². The molecule has 0 spiro atoms. The predicted molar refractivity (Wildman–Crippen MR) is 92.6 cm³/mol. The number of ether oxygens (including phenoxy) is 3. The van der Waals surface area contributed by atoms with Gasteiger partial charge in [-0.25, -0.2) is 0 Å². The lowest BCUT2D eigenvalue weighted by molar-refractivity contribution is 0.389. The van der Waals surface area contributed by atoms with E-state index in [1.807, 2.05) is 41.2 Å². The van der Waals surface area contributed by atoms with E-state index < -0.39 is 0 Å². The summed E-state index contributed by atoms with van der Waals surface area (Å²) in [7, 11) is 4.94. The summed E-state index contributed by atoms with van der Waals surface area (Å²) in [4.78, 5) is 0. The number of benzene rings is 2. The molecule has 0 aliphatic rings. The molecule has 0 aliphatic carbocycles. The molecule has 3 rings (SSSR count). The second-order valence-corrected chi connectivity index (χ2v) is 5.85. The largest absolute Gasteiger partial charge is 0.497 e. The van der Waals surface area contributed by atoms with E-state index in [0.29, 0.717) is 6.54 Å². The van der Waals surface area contributed by atoms with Gasteiger partial charge in [-0.3, -0.25) is 4.68 Å². The smallest absolute Gasteiger partial charge is 0.158 e. The summed E-state index contributed by atoms with van der Waals surface area (Å²) >= 11 is 3.52. The first-order valence-corrected chi connectivity index (χ1v) is 7.86. The number of aromatic nitrogens is 2. The molecular weight excluding hydrogens is 360 g/mol. The van der Waals surface area contributed by atoms with Crippen LogP contribution >= 0.6 is 15.9 Å². The van der Waals surface area contributed by atoms with E-state index in [4.69, 9.17) is 14.2 Å². The van der Waals surface area contributed by atoms with Gasteiger partial charge in [0, 0.05) is 17.0 Å². The predicted octanol–water partition coefficient (Wildman–Crippen LogP) is 3.87. The number of nitrogens with zero attached hydrogens (tertiary/aromatic N) is 2. The van der Waals surface area contributed by atoms with Gasteiger partial charge >= 0.3 is 0 Å². The maximum atomic E-state index is 5.53. The van der Waals surface area contributed by atoms with Gasteiger partial charge in [-0.05, 0) is 40.2 Å². The third-order valence-electron chi connectivity index (χ3n) is 3.73. The van der Waals surface area contributed by atoms with Crippen LogP contribution in [0.3, 0.4) is 0 Å². The van der Waals surface area contributed by atoms with E-state index in [0.717, 1.165) is 38.2 Å². The molecule has 6 heteroatoms. The lowest BCUT2D eigenvalue weighted by Crippen LogP contribution is -2.04. The van der Waals surface area contributed by atoms with Crippen molar-refractivity contribution < 1.29 is 14.2 Å². The first kappa shape index (κ1) is 15.7. The molecule has 23 heavy (non-hydrogen) atoms. The van der Waals surface area contributed by atoms with Gasteiger partial charge in [-0.15, -0.1) is 0 Å².